The molecule has 0 amide bonds. The van der Waals surface area contributed by atoms with Crippen LogP contribution in [0.1, 0.15) is 49.7 Å². The van der Waals surface area contributed by atoms with Crippen molar-refractivity contribution in [3.63, 3.8) is 0 Å². The van der Waals surface area contributed by atoms with Crippen molar-refractivity contribution in [3.05, 3.63) is 41.5 Å². The maximum Gasteiger partial charge on any atom is 0.140 e. The summed E-state index contributed by atoms with van der Waals surface area (Å²) >= 11 is 0. The van der Waals surface area contributed by atoms with Crippen LogP contribution in [0.3, 0.4) is 0 Å². The van der Waals surface area contributed by atoms with E-state index in [2.05, 4.69) is 12.6 Å². The molecular weight excluding hydrogens is 236 g/mol. The first-order valence-corrected chi connectivity index (χ1v) is 6.96. The molecule has 0 saturated heterocycles. The lowest BCUT2D eigenvalue weighted by Gasteiger charge is -2.24. The lowest BCUT2D eigenvalue weighted by atomic mass is 9.80. The highest BCUT2D eigenvalue weighted by Crippen LogP contribution is 2.36. The van der Waals surface area contributed by atoms with Crippen LogP contribution in [0.5, 0.6) is 5.75 Å². The number of ether oxygens (including phenoxy) is 1. The molecule has 1 unspecified atom stereocenters. The number of benzene rings is 1. The number of Topliss-reactive ketones (excluding diaryl/α,β-unsaturated/α-hetero) is 1. The Hall–Kier alpha value is -1.57. The summed E-state index contributed by atoms with van der Waals surface area (Å²) < 4.78 is 5.46. The van der Waals surface area contributed by atoms with E-state index in [9.17, 15) is 4.79 Å². The van der Waals surface area contributed by atoms with Crippen molar-refractivity contribution >= 4 is 5.78 Å². The highest BCUT2D eigenvalue weighted by atomic mass is 16.5. The molecule has 0 spiro atoms. The topological polar surface area (TPSA) is 26.3 Å². The smallest absolute Gasteiger partial charge is 0.140 e. The van der Waals surface area contributed by atoms with Gasteiger partial charge in [0.1, 0.15) is 11.5 Å². The summed E-state index contributed by atoms with van der Waals surface area (Å²) in [5, 5.41) is 0. The fraction of sp³-hybridized carbons (Fsp3) is 0.471. The van der Waals surface area contributed by atoms with Crippen LogP contribution in [0.2, 0.25) is 0 Å². The van der Waals surface area contributed by atoms with Crippen molar-refractivity contribution in [1.82, 2.24) is 0 Å². The molecule has 1 aromatic rings. The number of carbonyl (C=O) groups is 1. The summed E-state index contributed by atoms with van der Waals surface area (Å²) in [6, 6.07) is 6.03. The maximum atomic E-state index is 12.2. The van der Waals surface area contributed by atoms with Gasteiger partial charge in [-0.2, -0.15) is 0 Å². The van der Waals surface area contributed by atoms with E-state index in [4.69, 9.17) is 4.74 Å². The Kier molecular flexibility index (Phi) is 4.41. The molecule has 0 radical (unpaired) electrons. The third-order valence-electron chi connectivity index (χ3n) is 3.80. The molecule has 1 atom stereocenters. The number of methoxy groups -OCH3 is 1. The van der Waals surface area contributed by atoms with Crippen molar-refractivity contribution in [2.45, 2.75) is 44.9 Å². The standard InChI is InChI=1S/C17H22O2/c1-12(2)11-15-13(8-6-10-17(15)19-3)14-7-4-5-9-16(14)18/h6,8,10,14H,1,4-5,7,9,11H2,2-3H3. The van der Waals surface area contributed by atoms with Crippen LogP contribution >= 0.6 is 0 Å². The van der Waals surface area contributed by atoms with E-state index in [0.717, 1.165) is 48.1 Å². The SMILES string of the molecule is C=C(C)Cc1c(OC)cccc1C1CCCCC1=O. The van der Waals surface area contributed by atoms with Gasteiger partial charge in [-0.25, -0.2) is 0 Å². The van der Waals surface area contributed by atoms with Crippen LogP contribution in [0.4, 0.5) is 0 Å². The van der Waals surface area contributed by atoms with Gasteiger partial charge in [0, 0.05) is 17.9 Å². The lowest BCUT2D eigenvalue weighted by molar-refractivity contribution is -0.121. The predicted molar refractivity (Wildman–Crippen MR) is 77.7 cm³/mol. The first-order valence-electron chi connectivity index (χ1n) is 6.96. The quantitative estimate of drug-likeness (QED) is 0.762. The molecule has 0 N–H and O–H groups in total. The fourth-order valence-corrected chi connectivity index (χ4v) is 2.90. The van der Waals surface area contributed by atoms with Gasteiger partial charge in [0.05, 0.1) is 7.11 Å². The molecule has 2 nitrogen and oxygen atoms in total. The zero-order chi connectivity index (χ0) is 13.8. The largest absolute Gasteiger partial charge is 0.496 e. The minimum atomic E-state index is 0.0539. The molecular formula is C17H22O2. The van der Waals surface area contributed by atoms with Gasteiger partial charge < -0.3 is 4.74 Å². The maximum absolute atomic E-state index is 12.2. The van der Waals surface area contributed by atoms with Crippen molar-refractivity contribution < 1.29 is 9.53 Å². The number of rotatable bonds is 4. The summed E-state index contributed by atoms with van der Waals surface area (Å²) in [7, 11) is 1.68. The third-order valence-corrected chi connectivity index (χ3v) is 3.80. The van der Waals surface area contributed by atoms with Gasteiger partial charge in [0.15, 0.2) is 0 Å². The molecule has 0 heterocycles. The van der Waals surface area contributed by atoms with Crippen LogP contribution in [-0.4, -0.2) is 12.9 Å². The monoisotopic (exact) mass is 258 g/mol. The summed E-state index contributed by atoms with van der Waals surface area (Å²) in [6.45, 7) is 6.00. The molecule has 2 heteroatoms. The molecule has 1 fully saturated rings. The van der Waals surface area contributed by atoms with E-state index in [1.54, 1.807) is 7.11 Å². The number of carbonyl (C=O) groups excluding carboxylic acids is 1. The molecule has 19 heavy (non-hydrogen) atoms. The van der Waals surface area contributed by atoms with Gasteiger partial charge in [-0.15, -0.1) is 0 Å². The lowest BCUT2D eigenvalue weighted by Crippen LogP contribution is -2.18. The van der Waals surface area contributed by atoms with Crippen LogP contribution in [0, 0.1) is 0 Å². The molecule has 1 aliphatic carbocycles. The van der Waals surface area contributed by atoms with Gasteiger partial charge in [-0.1, -0.05) is 30.7 Å². The summed E-state index contributed by atoms with van der Waals surface area (Å²) in [5.41, 5.74) is 3.37. The second kappa shape index (κ2) is 6.05. The Morgan fingerprint density at radius 3 is 2.84 bits per heavy atom. The van der Waals surface area contributed by atoms with Gasteiger partial charge in [0.25, 0.3) is 0 Å². The highest BCUT2D eigenvalue weighted by molar-refractivity contribution is 5.87. The Balaban J connectivity index is 2.42. The number of allylic oxidation sites excluding steroid dienone is 1. The van der Waals surface area contributed by atoms with Crippen molar-refractivity contribution in [2.24, 2.45) is 0 Å². The Morgan fingerprint density at radius 1 is 1.42 bits per heavy atom. The minimum Gasteiger partial charge on any atom is -0.496 e. The molecule has 2 rings (SSSR count). The third kappa shape index (κ3) is 3.06. The van der Waals surface area contributed by atoms with Gasteiger partial charge >= 0.3 is 0 Å². The van der Waals surface area contributed by atoms with Crippen LogP contribution < -0.4 is 4.74 Å². The van der Waals surface area contributed by atoms with Gasteiger partial charge in [0.2, 0.25) is 0 Å². The normalized spacial score (nSPS) is 19.3. The van der Waals surface area contributed by atoms with E-state index in [0.29, 0.717) is 12.2 Å². The zero-order valence-electron chi connectivity index (χ0n) is 11.9. The number of ketones is 1. The fourth-order valence-electron chi connectivity index (χ4n) is 2.90. The molecule has 1 aliphatic rings. The predicted octanol–water partition coefficient (Wildman–Crippen LogP) is 4.04. The Bertz CT molecular complexity index is 488. The van der Waals surface area contributed by atoms with Crippen LogP contribution in [0.15, 0.2) is 30.4 Å². The van der Waals surface area contributed by atoms with E-state index < -0.39 is 0 Å². The average molecular weight is 258 g/mol. The Labute approximate surface area is 115 Å². The van der Waals surface area contributed by atoms with Crippen LogP contribution in [0.25, 0.3) is 0 Å². The molecule has 102 valence electrons. The number of hydrogen-bond donors (Lipinski definition) is 0. The minimum absolute atomic E-state index is 0.0539. The zero-order valence-corrected chi connectivity index (χ0v) is 11.9. The van der Waals surface area contributed by atoms with Gasteiger partial charge in [-0.05, 0) is 37.8 Å². The van der Waals surface area contributed by atoms with E-state index in [1.165, 1.54) is 0 Å². The van der Waals surface area contributed by atoms with Gasteiger partial charge in [-0.3, -0.25) is 4.79 Å². The average Bonchev–Trinajstić information content (AvgIpc) is 2.39. The van der Waals surface area contributed by atoms with Crippen molar-refractivity contribution in [3.8, 4) is 5.75 Å². The summed E-state index contributed by atoms with van der Waals surface area (Å²) in [4.78, 5) is 12.2. The highest BCUT2D eigenvalue weighted by Gasteiger charge is 2.26. The second-order valence-corrected chi connectivity index (χ2v) is 5.43. The summed E-state index contributed by atoms with van der Waals surface area (Å²) in [5.74, 6) is 1.31. The van der Waals surface area contributed by atoms with E-state index in [1.807, 2.05) is 19.1 Å². The molecule has 0 aliphatic heterocycles. The Morgan fingerprint density at radius 2 is 2.21 bits per heavy atom. The number of hydrogen-bond acceptors (Lipinski definition) is 2. The van der Waals surface area contributed by atoms with Crippen molar-refractivity contribution in [2.75, 3.05) is 7.11 Å². The van der Waals surface area contributed by atoms with Crippen LogP contribution in [-0.2, 0) is 11.2 Å². The molecule has 0 aromatic heterocycles. The molecule has 0 bridgehead atoms. The van der Waals surface area contributed by atoms with Crippen molar-refractivity contribution in [1.29, 1.82) is 0 Å². The summed E-state index contributed by atoms with van der Waals surface area (Å²) in [6.07, 6.45) is 4.64. The van der Waals surface area contributed by atoms with E-state index in [-0.39, 0.29) is 5.92 Å². The first-order chi connectivity index (χ1) is 9.13. The second-order valence-electron chi connectivity index (χ2n) is 5.43. The molecule has 1 aromatic carbocycles. The van der Waals surface area contributed by atoms with E-state index >= 15 is 0 Å². The first kappa shape index (κ1) is 13.9. The molecule has 1 saturated carbocycles.